The summed E-state index contributed by atoms with van der Waals surface area (Å²) < 4.78 is 5.41. The summed E-state index contributed by atoms with van der Waals surface area (Å²) >= 11 is 0. The average Bonchev–Trinajstić information content (AvgIpc) is 2.15. The molecule has 0 aromatic heterocycles. The monoisotopic (exact) mass is 200 g/mol. The second-order valence-electron chi connectivity index (χ2n) is 4.01. The van der Waals surface area contributed by atoms with Gasteiger partial charge < -0.3 is 15.8 Å². The summed E-state index contributed by atoms with van der Waals surface area (Å²) in [5.74, 6) is -0.251. The minimum atomic E-state index is -0.251. The predicted molar refractivity (Wildman–Crippen MR) is 54.9 cm³/mol. The topological polar surface area (TPSA) is 64.3 Å². The van der Waals surface area contributed by atoms with E-state index < -0.39 is 0 Å². The summed E-state index contributed by atoms with van der Waals surface area (Å²) in [6, 6.07) is 0. The normalized spacial score (nSPS) is 27.5. The molecule has 1 saturated heterocycles. The first kappa shape index (κ1) is 11.5. The van der Waals surface area contributed by atoms with Crippen molar-refractivity contribution in [3.05, 3.63) is 0 Å². The van der Waals surface area contributed by atoms with Gasteiger partial charge in [0.25, 0.3) is 0 Å². The van der Waals surface area contributed by atoms with Crippen LogP contribution in [0, 0.1) is 0 Å². The van der Waals surface area contributed by atoms with Crippen LogP contribution in [0.4, 0.5) is 0 Å². The van der Waals surface area contributed by atoms with Crippen LogP contribution in [0.15, 0.2) is 0 Å². The minimum absolute atomic E-state index is 0.194. The third-order valence-electron chi connectivity index (χ3n) is 2.58. The number of hydrogen-bond acceptors (Lipinski definition) is 3. The van der Waals surface area contributed by atoms with Crippen LogP contribution < -0.4 is 11.1 Å². The molecule has 0 aliphatic carbocycles. The van der Waals surface area contributed by atoms with Gasteiger partial charge in [0.1, 0.15) is 0 Å². The maximum Gasteiger partial charge on any atom is 0.219 e. The molecule has 0 spiro atoms. The fraction of sp³-hybridized carbons (Fsp3) is 0.900. The fourth-order valence-corrected chi connectivity index (χ4v) is 1.92. The molecule has 1 rings (SSSR count). The van der Waals surface area contributed by atoms with Crippen LogP contribution in [0.2, 0.25) is 0 Å². The van der Waals surface area contributed by atoms with Crippen LogP contribution in [0.3, 0.4) is 0 Å². The number of primary amides is 1. The number of nitrogens with two attached hydrogens (primary N) is 1. The summed E-state index contributed by atoms with van der Waals surface area (Å²) in [6.45, 7) is 4.43. The summed E-state index contributed by atoms with van der Waals surface area (Å²) in [5.41, 5.74) is 5.05. The molecule has 82 valence electrons. The van der Waals surface area contributed by atoms with E-state index in [4.69, 9.17) is 10.5 Å². The Labute approximate surface area is 85.2 Å². The molecule has 4 nitrogen and oxygen atoms in total. The number of amides is 1. The lowest BCUT2D eigenvalue weighted by atomic mass is 9.88. The van der Waals surface area contributed by atoms with Gasteiger partial charge in [0.2, 0.25) is 5.91 Å². The van der Waals surface area contributed by atoms with E-state index in [2.05, 4.69) is 12.2 Å². The molecule has 1 aliphatic rings. The second kappa shape index (κ2) is 5.32. The van der Waals surface area contributed by atoms with Gasteiger partial charge in [-0.15, -0.1) is 0 Å². The van der Waals surface area contributed by atoms with Gasteiger partial charge in [-0.25, -0.2) is 0 Å². The molecule has 1 fully saturated rings. The van der Waals surface area contributed by atoms with Crippen LogP contribution in [-0.4, -0.2) is 31.2 Å². The van der Waals surface area contributed by atoms with Crippen molar-refractivity contribution in [1.29, 1.82) is 0 Å². The standard InChI is InChI=1S/C10H20N2O2/c1-2-5-12-10(7-9(11)13)4-3-6-14-8-10/h12H,2-8H2,1H3,(H2,11,13). The maximum absolute atomic E-state index is 11.0. The molecule has 1 atom stereocenters. The first-order valence-corrected chi connectivity index (χ1v) is 5.30. The van der Waals surface area contributed by atoms with Crippen molar-refractivity contribution in [3.8, 4) is 0 Å². The van der Waals surface area contributed by atoms with Gasteiger partial charge in [-0.2, -0.15) is 0 Å². The van der Waals surface area contributed by atoms with Crippen molar-refractivity contribution in [1.82, 2.24) is 5.32 Å². The van der Waals surface area contributed by atoms with Crippen molar-refractivity contribution in [2.75, 3.05) is 19.8 Å². The first-order chi connectivity index (χ1) is 6.68. The lowest BCUT2D eigenvalue weighted by Gasteiger charge is -2.37. The van der Waals surface area contributed by atoms with Gasteiger partial charge in [-0.05, 0) is 25.8 Å². The number of hydrogen-bond donors (Lipinski definition) is 2. The molecule has 0 aromatic carbocycles. The van der Waals surface area contributed by atoms with E-state index in [0.29, 0.717) is 13.0 Å². The van der Waals surface area contributed by atoms with Crippen LogP contribution >= 0.6 is 0 Å². The van der Waals surface area contributed by atoms with E-state index in [1.165, 1.54) is 0 Å². The highest BCUT2D eigenvalue weighted by molar-refractivity contribution is 5.75. The molecule has 1 aliphatic heterocycles. The van der Waals surface area contributed by atoms with Gasteiger partial charge >= 0.3 is 0 Å². The maximum atomic E-state index is 11.0. The molecule has 1 heterocycles. The molecule has 1 unspecified atom stereocenters. The molecular formula is C10H20N2O2. The van der Waals surface area contributed by atoms with Crippen molar-refractivity contribution in [2.45, 2.75) is 38.1 Å². The first-order valence-electron chi connectivity index (χ1n) is 5.30. The van der Waals surface area contributed by atoms with E-state index in [1.807, 2.05) is 0 Å². The van der Waals surface area contributed by atoms with Gasteiger partial charge in [-0.3, -0.25) is 4.79 Å². The van der Waals surface area contributed by atoms with Gasteiger partial charge in [0.15, 0.2) is 0 Å². The van der Waals surface area contributed by atoms with E-state index >= 15 is 0 Å². The summed E-state index contributed by atoms with van der Waals surface area (Å²) in [4.78, 5) is 11.0. The van der Waals surface area contributed by atoms with E-state index in [-0.39, 0.29) is 11.4 Å². The Balaban J connectivity index is 2.52. The Hall–Kier alpha value is -0.610. The summed E-state index contributed by atoms with van der Waals surface area (Å²) in [7, 11) is 0. The molecule has 0 saturated carbocycles. The number of nitrogens with one attached hydrogen (secondary N) is 1. The number of carbonyl (C=O) groups excluding carboxylic acids is 1. The predicted octanol–water partition coefficient (Wildman–Crippen LogP) is 0.411. The fourth-order valence-electron chi connectivity index (χ4n) is 1.92. The van der Waals surface area contributed by atoms with Gasteiger partial charge in [-0.1, -0.05) is 6.92 Å². The highest BCUT2D eigenvalue weighted by Gasteiger charge is 2.33. The van der Waals surface area contributed by atoms with E-state index in [9.17, 15) is 4.79 Å². The zero-order valence-corrected chi connectivity index (χ0v) is 8.84. The lowest BCUT2D eigenvalue weighted by molar-refractivity contribution is -0.121. The Kier molecular flexibility index (Phi) is 4.35. The number of carbonyl (C=O) groups is 1. The minimum Gasteiger partial charge on any atom is -0.380 e. The summed E-state index contributed by atoms with van der Waals surface area (Å²) in [6.07, 6.45) is 3.42. The highest BCUT2D eigenvalue weighted by atomic mass is 16.5. The molecule has 14 heavy (non-hydrogen) atoms. The third kappa shape index (κ3) is 3.27. The van der Waals surface area contributed by atoms with E-state index in [0.717, 1.165) is 32.4 Å². The molecule has 4 heteroatoms. The zero-order chi connectivity index (χ0) is 10.4. The molecule has 3 N–H and O–H groups in total. The second-order valence-corrected chi connectivity index (χ2v) is 4.01. The third-order valence-corrected chi connectivity index (χ3v) is 2.58. The SMILES string of the molecule is CCCNC1(CC(N)=O)CCCOC1. The van der Waals surface area contributed by atoms with Crippen molar-refractivity contribution in [2.24, 2.45) is 5.73 Å². The zero-order valence-electron chi connectivity index (χ0n) is 8.84. The number of ether oxygens (including phenoxy) is 1. The molecule has 1 amide bonds. The van der Waals surface area contributed by atoms with Gasteiger partial charge in [0.05, 0.1) is 12.1 Å². The quantitative estimate of drug-likeness (QED) is 0.675. The van der Waals surface area contributed by atoms with Gasteiger partial charge in [0, 0.05) is 13.0 Å². The van der Waals surface area contributed by atoms with Crippen molar-refractivity contribution >= 4 is 5.91 Å². The molecule has 0 radical (unpaired) electrons. The largest absolute Gasteiger partial charge is 0.380 e. The smallest absolute Gasteiger partial charge is 0.219 e. The Morgan fingerprint density at radius 1 is 1.64 bits per heavy atom. The average molecular weight is 200 g/mol. The Morgan fingerprint density at radius 2 is 2.43 bits per heavy atom. The lowest BCUT2D eigenvalue weighted by Crippen LogP contribution is -2.53. The van der Waals surface area contributed by atoms with Crippen LogP contribution in [-0.2, 0) is 9.53 Å². The van der Waals surface area contributed by atoms with Crippen LogP contribution in [0.25, 0.3) is 0 Å². The van der Waals surface area contributed by atoms with Crippen molar-refractivity contribution in [3.63, 3.8) is 0 Å². The summed E-state index contributed by atoms with van der Waals surface area (Å²) in [5, 5.41) is 3.39. The van der Waals surface area contributed by atoms with Crippen LogP contribution in [0.1, 0.15) is 32.6 Å². The Bertz CT molecular complexity index is 189. The molecular weight excluding hydrogens is 180 g/mol. The Morgan fingerprint density at radius 3 is 2.93 bits per heavy atom. The van der Waals surface area contributed by atoms with Crippen LogP contribution in [0.5, 0.6) is 0 Å². The number of rotatable bonds is 5. The molecule has 0 bridgehead atoms. The van der Waals surface area contributed by atoms with E-state index in [1.54, 1.807) is 0 Å². The molecule has 0 aromatic rings. The van der Waals surface area contributed by atoms with Crippen molar-refractivity contribution < 1.29 is 9.53 Å². The highest BCUT2D eigenvalue weighted by Crippen LogP contribution is 2.22.